The number of halogens is 4. The second-order valence-electron chi connectivity index (χ2n) is 4.08. The Balaban J connectivity index is 2.28. The highest BCUT2D eigenvalue weighted by atomic mass is 35.5. The molecule has 21 heavy (non-hydrogen) atoms. The number of benzene rings is 1. The van der Waals surface area contributed by atoms with Gasteiger partial charge in [0, 0.05) is 18.0 Å². The topological polar surface area (TPSA) is 45.9 Å². The van der Waals surface area contributed by atoms with Crippen molar-refractivity contribution in [2.75, 3.05) is 0 Å². The Hall–Kier alpha value is -2.26. The van der Waals surface area contributed by atoms with Gasteiger partial charge in [0.1, 0.15) is 12.4 Å². The highest BCUT2D eigenvalue weighted by Gasteiger charge is 2.34. The second-order valence-corrected chi connectivity index (χ2v) is 4.48. The normalized spacial score (nSPS) is 11.0. The van der Waals surface area contributed by atoms with Gasteiger partial charge in [0.15, 0.2) is 0 Å². The molecule has 0 saturated heterocycles. The molecule has 0 aliphatic carbocycles. The molecule has 1 aromatic carbocycles. The van der Waals surface area contributed by atoms with Crippen molar-refractivity contribution >= 4 is 11.6 Å². The fraction of sp³-hybridized carbons (Fsp3) is 0.143. The van der Waals surface area contributed by atoms with Crippen LogP contribution in [0.4, 0.5) is 13.2 Å². The van der Waals surface area contributed by atoms with Crippen LogP contribution in [0.1, 0.15) is 16.7 Å². The zero-order chi connectivity index (χ0) is 15.5. The van der Waals surface area contributed by atoms with E-state index in [1.165, 1.54) is 18.5 Å². The molecule has 108 valence electrons. The van der Waals surface area contributed by atoms with Gasteiger partial charge in [0.2, 0.25) is 0 Å². The van der Waals surface area contributed by atoms with Gasteiger partial charge in [-0.15, -0.1) is 0 Å². The highest BCUT2D eigenvalue weighted by molar-refractivity contribution is 6.31. The van der Waals surface area contributed by atoms with E-state index in [-0.39, 0.29) is 17.9 Å². The molecule has 0 N–H and O–H groups in total. The summed E-state index contributed by atoms with van der Waals surface area (Å²) in [7, 11) is 0. The molecule has 0 amide bonds. The summed E-state index contributed by atoms with van der Waals surface area (Å²) in [6, 6.07) is 6.36. The number of ether oxygens (including phenoxy) is 1. The summed E-state index contributed by atoms with van der Waals surface area (Å²) < 4.78 is 44.0. The largest absolute Gasteiger partial charge is 0.488 e. The van der Waals surface area contributed by atoms with E-state index in [2.05, 4.69) is 4.98 Å². The van der Waals surface area contributed by atoms with Crippen LogP contribution in [0.2, 0.25) is 5.02 Å². The Bertz CT molecular complexity index is 695. The second kappa shape index (κ2) is 6.02. The zero-order valence-corrected chi connectivity index (χ0v) is 11.2. The molecule has 0 unspecified atom stereocenters. The van der Waals surface area contributed by atoms with Crippen LogP contribution in [0.15, 0.2) is 36.7 Å². The summed E-state index contributed by atoms with van der Waals surface area (Å²) >= 11 is 5.86. The molecule has 3 nitrogen and oxygen atoms in total. The Morgan fingerprint density at radius 1 is 1.29 bits per heavy atom. The summed E-state index contributed by atoms with van der Waals surface area (Å²) in [6.07, 6.45) is -1.76. The maximum atomic E-state index is 12.9. The Morgan fingerprint density at radius 2 is 2.05 bits per heavy atom. The van der Waals surface area contributed by atoms with E-state index in [1.54, 1.807) is 12.1 Å². The molecule has 1 aromatic heterocycles. The monoisotopic (exact) mass is 312 g/mol. The Kier molecular flexibility index (Phi) is 4.34. The van der Waals surface area contributed by atoms with Crippen molar-refractivity contribution < 1.29 is 17.9 Å². The number of nitrogens with zero attached hydrogens (tertiary/aromatic N) is 2. The number of nitriles is 1. The lowest BCUT2D eigenvalue weighted by Crippen LogP contribution is -2.09. The Morgan fingerprint density at radius 3 is 2.67 bits per heavy atom. The molecule has 1 heterocycles. The van der Waals surface area contributed by atoms with Crippen LogP contribution in [-0.2, 0) is 12.8 Å². The molecule has 2 rings (SSSR count). The average Bonchev–Trinajstić information content (AvgIpc) is 2.45. The molecule has 0 fully saturated rings. The molecular formula is C14H8ClF3N2O. The lowest BCUT2D eigenvalue weighted by molar-refractivity contribution is -0.139. The fourth-order valence-corrected chi connectivity index (χ4v) is 1.80. The number of hydrogen-bond acceptors (Lipinski definition) is 3. The number of aromatic nitrogens is 1. The summed E-state index contributed by atoms with van der Waals surface area (Å²) in [6.45, 7) is -0.129. The van der Waals surface area contributed by atoms with Crippen molar-refractivity contribution in [1.82, 2.24) is 4.98 Å². The van der Waals surface area contributed by atoms with Gasteiger partial charge in [-0.25, -0.2) is 0 Å². The van der Waals surface area contributed by atoms with Crippen molar-refractivity contribution in [3.05, 3.63) is 58.4 Å². The minimum absolute atomic E-state index is 0.0865. The SMILES string of the molecule is N#Cc1ccc(OCc2ccncc2Cl)c(C(F)(F)F)c1. The van der Waals surface area contributed by atoms with E-state index in [0.29, 0.717) is 10.6 Å². The van der Waals surface area contributed by atoms with Gasteiger partial charge < -0.3 is 4.74 Å². The van der Waals surface area contributed by atoms with Crippen LogP contribution in [0.3, 0.4) is 0 Å². The third kappa shape index (κ3) is 3.64. The van der Waals surface area contributed by atoms with Gasteiger partial charge in [-0.2, -0.15) is 18.4 Å². The van der Waals surface area contributed by atoms with Crippen LogP contribution in [0.25, 0.3) is 0 Å². The third-order valence-corrected chi connectivity index (χ3v) is 2.99. The summed E-state index contributed by atoms with van der Waals surface area (Å²) in [5, 5.41) is 8.99. The van der Waals surface area contributed by atoms with E-state index in [4.69, 9.17) is 21.6 Å². The molecule has 2 aromatic rings. The lowest BCUT2D eigenvalue weighted by Gasteiger charge is -2.14. The molecule has 0 radical (unpaired) electrons. The molecule has 0 bridgehead atoms. The third-order valence-electron chi connectivity index (χ3n) is 2.65. The molecular weight excluding hydrogens is 305 g/mol. The standard InChI is InChI=1S/C14H8ClF3N2O/c15-12-7-20-4-3-10(12)8-21-13-2-1-9(6-19)5-11(13)14(16,17)18/h1-5,7H,8H2. The van der Waals surface area contributed by atoms with Gasteiger partial charge in [0.25, 0.3) is 0 Å². The van der Waals surface area contributed by atoms with Crippen molar-refractivity contribution in [3.8, 4) is 11.8 Å². The summed E-state index contributed by atoms with van der Waals surface area (Å²) in [5.41, 5.74) is -0.563. The van der Waals surface area contributed by atoms with E-state index in [0.717, 1.165) is 12.1 Å². The van der Waals surface area contributed by atoms with Crippen molar-refractivity contribution in [2.45, 2.75) is 12.8 Å². The summed E-state index contributed by atoms with van der Waals surface area (Å²) in [4.78, 5) is 3.78. The van der Waals surface area contributed by atoms with Gasteiger partial charge in [-0.1, -0.05) is 11.6 Å². The first-order chi connectivity index (χ1) is 9.91. The molecule has 0 aliphatic heterocycles. The first-order valence-corrected chi connectivity index (χ1v) is 6.12. The van der Waals surface area contributed by atoms with E-state index in [9.17, 15) is 13.2 Å². The maximum absolute atomic E-state index is 12.9. The first-order valence-electron chi connectivity index (χ1n) is 5.74. The fourth-order valence-electron chi connectivity index (χ4n) is 1.62. The molecule has 0 spiro atoms. The van der Waals surface area contributed by atoms with Crippen LogP contribution < -0.4 is 4.74 Å². The summed E-state index contributed by atoms with van der Waals surface area (Å²) in [5.74, 6) is -0.352. The van der Waals surface area contributed by atoms with Gasteiger partial charge in [0.05, 0.1) is 22.2 Å². The smallest absolute Gasteiger partial charge is 0.420 e. The van der Waals surface area contributed by atoms with Gasteiger partial charge in [-0.3, -0.25) is 4.98 Å². The van der Waals surface area contributed by atoms with Crippen LogP contribution in [-0.4, -0.2) is 4.98 Å². The number of alkyl halides is 3. The van der Waals surface area contributed by atoms with Gasteiger partial charge >= 0.3 is 6.18 Å². The van der Waals surface area contributed by atoms with E-state index < -0.39 is 11.7 Å². The lowest BCUT2D eigenvalue weighted by atomic mass is 10.1. The highest BCUT2D eigenvalue weighted by Crippen LogP contribution is 2.37. The molecule has 0 aliphatic rings. The minimum Gasteiger partial charge on any atom is -0.488 e. The van der Waals surface area contributed by atoms with Crippen molar-refractivity contribution in [2.24, 2.45) is 0 Å². The predicted octanol–water partition coefficient (Wildman–Crippen LogP) is 4.20. The minimum atomic E-state index is -4.61. The number of rotatable bonds is 3. The van der Waals surface area contributed by atoms with Gasteiger partial charge in [-0.05, 0) is 24.3 Å². The van der Waals surface area contributed by atoms with Crippen LogP contribution >= 0.6 is 11.6 Å². The van der Waals surface area contributed by atoms with Crippen LogP contribution in [0.5, 0.6) is 5.75 Å². The average molecular weight is 313 g/mol. The van der Waals surface area contributed by atoms with E-state index >= 15 is 0 Å². The van der Waals surface area contributed by atoms with Crippen molar-refractivity contribution in [3.63, 3.8) is 0 Å². The van der Waals surface area contributed by atoms with E-state index in [1.807, 2.05) is 0 Å². The van der Waals surface area contributed by atoms with Crippen LogP contribution in [0, 0.1) is 11.3 Å². The zero-order valence-electron chi connectivity index (χ0n) is 10.5. The number of pyridine rings is 1. The maximum Gasteiger partial charge on any atom is 0.420 e. The number of hydrogen-bond donors (Lipinski definition) is 0. The Labute approximate surface area is 123 Å². The molecule has 0 saturated carbocycles. The first kappa shape index (κ1) is 15.1. The quantitative estimate of drug-likeness (QED) is 0.853. The molecule has 0 atom stereocenters. The predicted molar refractivity (Wildman–Crippen MR) is 69.7 cm³/mol. The molecule has 7 heteroatoms. The van der Waals surface area contributed by atoms with Crippen molar-refractivity contribution in [1.29, 1.82) is 5.26 Å².